The summed E-state index contributed by atoms with van der Waals surface area (Å²) in [4.78, 5) is 87.2. The van der Waals surface area contributed by atoms with Gasteiger partial charge in [0.2, 0.25) is 11.7 Å². The number of Topliss-reactive ketones (excluding diaryl/α,β-unsaturated/α-hetero) is 3. The van der Waals surface area contributed by atoms with E-state index >= 15 is 0 Å². The molecule has 0 radical (unpaired) electrons. The molecule has 87 heavy (non-hydrogen) atoms. The lowest BCUT2D eigenvalue weighted by molar-refractivity contribution is -0.265. The number of methoxy groups -OCH3 is 3. The Morgan fingerprint density at radius 3 is 2.28 bits per heavy atom. The van der Waals surface area contributed by atoms with Crippen molar-refractivity contribution < 1.29 is 62.6 Å². The first kappa shape index (κ1) is 68.7. The fourth-order valence-corrected chi connectivity index (χ4v) is 13.2. The number of ketones is 3. The summed E-state index contributed by atoms with van der Waals surface area (Å²) in [6.07, 6.45) is 21.1. The number of cyclic esters (lactones) is 1. The number of esters is 1. The van der Waals surface area contributed by atoms with Crippen LogP contribution in [0.4, 0.5) is 5.95 Å². The van der Waals surface area contributed by atoms with Crippen LogP contribution in [0.3, 0.4) is 0 Å². The van der Waals surface area contributed by atoms with E-state index in [1.54, 1.807) is 41.1 Å². The van der Waals surface area contributed by atoms with E-state index in [2.05, 4.69) is 21.8 Å². The monoisotopic (exact) mass is 1200 g/mol. The Morgan fingerprint density at radius 2 is 1.57 bits per heavy atom. The molecule has 15 atom stereocenters. The standard InChI is InChI=1S/C69H97N5O13/c1-12-28-72-30-32-73(33-31-72)68-70-41-54(42-71-68)53-22-18-21-52(37-53)43-85-58-27-25-51(38-61(58)83-10)36-47(5)60-40-57(75)46(4)35-49(7)63(77)64(84-11)62(76)48(6)34-44(2)19-14-13-15-20-45(3)59(82-9)39-55-26-24-50(8)69(81,87-55)65(78)66(79)74-29-17-16-23-56(74)67(80)86-60/h1,13-15,18-22,35,37,41-42,44,46-48,50-51,55-56,58-61,63-64,77,81H,16-17,23-34,36,38-40,43H2,2-11H3/b15-13+,19-14+,45-20+,49-35+/t44-,46-,47-,48-,50-,51+,55+,56+,58-,59+,60+,61-,63-,64+,69-/m1/s1. The van der Waals surface area contributed by atoms with Crippen LogP contribution >= 0.6 is 0 Å². The van der Waals surface area contributed by atoms with Crippen LogP contribution in [0.2, 0.25) is 0 Å². The summed E-state index contributed by atoms with van der Waals surface area (Å²) in [6.45, 7) is 17.2. The van der Waals surface area contributed by atoms with Crippen molar-refractivity contribution in [2.75, 3.05) is 65.5 Å². The van der Waals surface area contributed by atoms with E-state index in [0.29, 0.717) is 82.5 Å². The van der Waals surface area contributed by atoms with Gasteiger partial charge in [-0.15, -0.1) is 6.42 Å². The number of carbonyl (C=O) groups excluding carboxylic acids is 5. The van der Waals surface area contributed by atoms with Crippen molar-refractivity contribution in [1.82, 2.24) is 19.8 Å². The molecule has 4 aliphatic heterocycles. The van der Waals surface area contributed by atoms with Gasteiger partial charge in [-0.3, -0.25) is 24.1 Å². The number of fused-ring (bicyclic) bond motifs is 3. The fourth-order valence-electron chi connectivity index (χ4n) is 13.2. The minimum absolute atomic E-state index is 0.00531. The topological polar surface area (TPSA) is 217 Å². The summed E-state index contributed by atoms with van der Waals surface area (Å²) < 4.78 is 36.9. The van der Waals surface area contributed by atoms with Gasteiger partial charge in [-0.2, -0.15) is 0 Å². The number of ether oxygens (including phenoxy) is 6. The highest BCUT2D eigenvalue weighted by Crippen LogP contribution is 2.39. The van der Waals surface area contributed by atoms with Crippen molar-refractivity contribution in [2.45, 2.75) is 187 Å². The third kappa shape index (κ3) is 18.2. The van der Waals surface area contributed by atoms with E-state index in [0.717, 1.165) is 54.9 Å². The van der Waals surface area contributed by atoms with Crippen LogP contribution in [0.25, 0.3) is 11.1 Å². The SMILES string of the molecule is C#CCN1CCN(c2ncc(-c3cccc(CO[C@@H]4CC[C@@H](C[C@@H](C)[C@@H]5CC(=O)[C@H](C)/C=C(\C)[C@@H](O)[C@@H](OC)C(=O)[C@H](C)C[C@H](C)/C=C/C=C/C=C(\C)[C@@H](OC)C[C@@H]6CC[C@@H](C)[C@@](O)(O6)C(=O)C(=O)N6CCCC[C@H]6C(=O)O5)C[C@H]4OC)c3)cn2)CC1. The molecule has 18 nitrogen and oxygen atoms in total. The number of benzene rings is 1. The number of allylic oxidation sites excluding steroid dienone is 6. The van der Waals surface area contributed by atoms with Crippen molar-refractivity contribution in [2.24, 2.45) is 35.5 Å². The molecule has 5 aliphatic rings. The predicted molar refractivity (Wildman–Crippen MR) is 333 cm³/mol. The molecule has 3 saturated heterocycles. The first-order valence-corrected chi connectivity index (χ1v) is 31.6. The molecule has 1 amide bonds. The molecule has 1 aromatic heterocycles. The van der Waals surface area contributed by atoms with Gasteiger partial charge < -0.3 is 48.4 Å². The Hall–Kier alpha value is -5.75. The number of hydrogen-bond donors (Lipinski definition) is 2. The minimum atomic E-state index is -2.45. The fraction of sp³-hybridized carbons (Fsp3) is 0.638. The lowest BCUT2D eigenvalue weighted by atomic mass is 9.78. The molecule has 0 unspecified atom stereocenters. The average molecular weight is 1200 g/mol. The van der Waals surface area contributed by atoms with Gasteiger partial charge in [0.05, 0.1) is 37.6 Å². The molecular weight excluding hydrogens is 1110 g/mol. The number of rotatable bonds is 12. The lowest BCUT2D eigenvalue weighted by Crippen LogP contribution is -2.61. The first-order chi connectivity index (χ1) is 41.7. The molecule has 0 spiro atoms. The maximum Gasteiger partial charge on any atom is 0.329 e. The van der Waals surface area contributed by atoms with Gasteiger partial charge in [-0.05, 0) is 124 Å². The predicted octanol–water partition coefficient (Wildman–Crippen LogP) is 8.62. The molecule has 476 valence electrons. The second kappa shape index (κ2) is 32.6. The summed E-state index contributed by atoms with van der Waals surface area (Å²) in [5.74, 6) is -4.67. The van der Waals surface area contributed by atoms with E-state index in [1.807, 2.05) is 88.7 Å². The highest BCUT2D eigenvalue weighted by Gasteiger charge is 2.53. The lowest BCUT2D eigenvalue weighted by Gasteiger charge is -2.42. The van der Waals surface area contributed by atoms with Crippen molar-refractivity contribution >= 4 is 35.2 Å². The zero-order valence-electron chi connectivity index (χ0n) is 53.1. The number of piperazine rings is 1. The molecule has 2 N–H and O–H groups in total. The number of carbonyl (C=O) groups is 5. The average Bonchev–Trinajstić information content (AvgIpc) is 1.35. The molecule has 2 aromatic rings. The number of nitrogens with zero attached hydrogens (tertiary/aromatic N) is 5. The largest absolute Gasteiger partial charge is 0.460 e. The number of piperidine rings is 1. The number of aromatic nitrogens is 2. The maximum atomic E-state index is 14.8. The van der Waals surface area contributed by atoms with Crippen LogP contribution < -0.4 is 4.90 Å². The molecule has 2 bridgehead atoms. The van der Waals surface area contributed by atoms with Gasteiger partial charge in [0, 0.05) is 103 Å². The van der Waals surface area contributed by atoms with Gasteiger partial charge in [0.25, 0.3) is 11.7 Å². The first-order valence-electron chi connectivity index (χ1n) is 31.6. The zero-order chi connectivity index (χ0) is 63.0. The number of aliphatic hydroxyl groups is 2. The third-order valence-electron chi connectivity index (χ3n) is 18.8. The van der Waals surface area contributed by atoms with E-state index in [-0.39, 0.29) is 60.9 Å². The Kier molecular flexibility index (Phi) is 25.8. The molecule has 4 fully saturated rings. The minimum Gasteiger partial charge on any atom is -0.460 e. The van der Waals surface area contributed by atoms with Crippen molar-refractivity contribution in [3.8, 4) is 23.5 Å². The molecule has 1 aromatic carbocycles. The van der Waals surface area contributed by atoms with Gasteiger partial charge >= 0.3 is 5.97 Å². The molecular formula is C69H97N5O13. The van der Waals surface area contributed by atoms with Gasteiger partial charge in [-0.25, -0.2) is 14.8 Å². The summed E-state index contributed by atoms with van der Waals surface area (Å²) in [5.41, 5.74) is 4.15. The van der Waals surface area contributed by atoms with Gasteiger partial charge in [0.1, 0.15) is 30.1 Å². The highest BCUT2D eigenvalue weighted by atomic mass is 16.6. The van der Waals surface area contributed by atoms with Gasteiger partial charge in [0.15, 0.2) is 5.78 Å². The molecule has 7 rings (SSSR count). The maximum absolute atomic E-state index is 14.8. The van der Waals surface area contributed by atoms with E-state index in [1.165, 1.54) is 12.0 Å². The van der Waals surface area contributed by atoms with Crippen molar-refractivity contribution in [1.29, 1.82) is 0 Å². The highest BCUT2D eigenvalue weighted by molar-refractivity contribution is 6.39. The summed E-state index contributed by atoms with van der Waals surface area (Å²) in [6, 6.07) is 7.01. The Bertz CT molecular complexity index is 2800. The smallest absolute Gasteiger partial charge is 0.329 e. The van der Waals surface area contributed by atoms with Gasteiger partial charge in [-0.1, -0.05) is 95.2 Å². The number of amides is 1. The zero-order valence-corrected chi connectivity index (χ0v) is 53.1. The quantitative estimate of drug-likeness (QED) is 0.0880. The normalized spacial score (nSPS) is 34.3. The van der Waals surface area contributed by atoms with Crippen LogP contribution in [0.15, 0.2) is 84.3 Å². The second-order valence-electron chi connectivity index (χ2n) is 25.3. The van der Waals surface area contributed by atoms with Crippen LogP contribution in [0, 0.1) is 47.9 Å². The Labute approximate surface area is 516 Å². The Morgan fingerprint density at radius 1 is 0.828 bits per heavy atom. The van der Waals surface area contributed by atoms with E-state index < -0.39 is 77.8 Å². The number of anilines is 1. The Balaban J connectivity index is 1.08. The molecule has 5 heterocycles. The van der Waals surface area contributed by atoms with Crippen molar-refractivity contribution in [3.05, 3.63) is 89.8 Å². The second-order valence-corrected chi connectivity index (χ2v) is 25.3. The van der Waals surface area contributed by atoms with Crippen LogP contribution in [-0.4, -0.2) is 174 Å². The van der Waals surface area contributed by atoms with E-state index in [4.69, 9.17) is 44.8 Å². The summed E-state index contributed by atoms with van der Waals surface area (Å²) in [5, 5.41) is 23.7. The molecule has 1 saturated carbocycles. The number of hydrogen-bond acceptors (Lipinski definition) is 17. The number of aliphatic hydroxyl groups excluding tert-OH is 1. The summed E-state index contributed by atoms with van der Waals surface area (Å²) >= 11 is 0. The van der Waals surface area contributed by atoms with Crippen LogP contribution in [0.1, 0.15) is 131 Å². The third-order valence-corrected chi connectivity index (χ3v) is 18.8. The molecule has 1 aliphatic carbocycles. The van der Waals surface area contributed by atoms with Crippen LogP contribution in [0.5, 0.6) is 0 Å². The number of terminal acetylenes is 1. The van der Waals surface area contributed by atoms with Crippen LogP contribution in [-0.2, 0) is 59.0 Å². The van der Waals surface area contributed by atoms with Crippen molar-refractivity contribution in [3.63, 3.8) is 0 Å². The van der Waals surface area contributed by atoms with E-state index in [9.17, 15) is 34.2 Å². The summed E-state index contributed by atoms with van der Waals surface area (Å²) in [7, 11) is 4.66. The molecule has 18 heteroatoms.